The van der Waals surface area contributed by atoms with E-state index in [4.69, 9.17) is 21.4 Å². The fourth-order valence-corrected chi connectivity index (χ4v) is 3.57. The molecule has 0 spiro atoms. The number of hydrogen-bond acceptors (Lipinski definition) is 5. The number of carbonyl (C=O) groups is 1. The quantitative estimate of drug-likeness (QED) is 0.343. The molecule has 1 amide bonds. The van der Waals surface area contributed by atoms with Crippen LogP contribution in [0.4, 0.5) is 5.69 Å². The van der Waals surface area contributed by atoms with Gasteiger partial charge in [0.15, 0.2) is 5.11 Å². The first kappa shape index (κ1) is 22.3. The predicted octanol–water partition coefficient (Wildman–Crippen LogP) is 5.24. The molecule has 0 aliphatic carbocycles. The first-order valence-corrected chi connectivity index (χ1v) is 10.6. The van der Waals surface area contributed by atoms with E-state index < -0.39 is 0 Å². The average molecular weight is 459 g/mol. The van der Waals surface area contributed by atoms with E-state index in [9.17, 15) is 9.90 Å². The summed E-state index contributed by atoms with van der Waals surface area (Å²) in [6.45, 7) is -0.176. The first-order valence-electron chi connectivity index (χ1n) is 10.2. The fourth-order valence-electron chi connectivity index (χ4n) is 3.36. The number of thiocarbonyl (C=S) groups is 1. The highest BCUT2D eigenvalue weighted by atomic mass is 32.1. The highest BCUT2D eigenvalue weighted by molar-refractivity contribution is 7.80. The predicted molar refractivity (Wildman–Crippen MR) is 132 cm³/mol. The molecule has 0 saturated heterocycles. The third-order valence-electron chi connectivity index (χ3n) is 5.02. The second kappa shape index (κ2) is 10.1. The first-order chi connectivity index (χ1) is 16.1. The summed E-state index contributed by atoms with van der Waals surface area (Å²) in [6, 6.07) is 26.1. The molecule has 0 saturated carbocycles. The molecule has 6 nitrogen and oxygen atoms in total. The molecule has 1 aromatic heterocycles. The molecule has 1 heterocycles. The van der Waals surface area contributed by atoms with Crippen molar-refractivity contribution in [3.8, 4) is 28.2 Å². The van der Waals surface area contributed by atoms with Gasteiger partial charge in [-0.2, -0.15) is 0 Å². The Morgan fingerprint density at radius 1 is 0.970 bits per heavy atom. The summed E-state index contributed by atoms with van der Waals surface area (Å²) >= 11 is 5.31. The molecule has 4 rings (SSSR count). The Morgan fingerprint density at radius 2 is 1.70 bits per heavy atom. The molecule has 33 heavy (non-hydrogen) atoms. The van der Waals surface area contributed by atoms with Crippen LogP contribution in [0.15, 0.2) is 89.3 Å². The zero-order valence-electron chi connectivity index (χ0n) is 17.9. The molecule has 3 aromatic carbocycles. The van der Waals surface area contributed by atoms with Gasteiger partial charge in [-0.05, 0) is 59.7 Å². The molecule has 0 fully saturated rings. The molecule has 7 heteroatoms. The van der Waals surface area contributed by atoms with Crippen LogP contribution in [0, 0.1) is 0 Å². The van der Waals surface area contributed by atoms with Gasteiger partial charge in [0.25, 0.3) is 5.91 Å². The Morgan fingerprint density at radius 3 is 2.36 bits per heavy atom. The Hall–Kier alpha value is -3.94. The highest BCUT2D eigenvalue weighted by Gasteiger charge is 2.13. The summed E-state index contributed by atoms with van der Waals surface area (Å²) in [5.41, 5.74) is 4.00. The van der Waals surface area contributed by atoms with E-state index in [2.05, 4.69) is 10.6 Å². The van der Waals surface area contributed by atoms with Gasteiger partial charge in [-0.15, -0.1) is 0 Å². The van der Waals surface area contributed by atoms with E-state index in [-0.39, 0.29) is 17.6 Å². The van der Waals surface area contributed by atoms with Gasteiger partial charge in [0.1, 0.15) is 23.9 Å². The van der Waals surface area contributed by atoms with Crippen molar-refractivity contribution in [3.05, 3.63) is 96.3 Å². The number of hydrogen-bond donors (Lipinski definition) is 3. The van der Waals surface area contributed by atoms with Crippen LogP contribution in [0.5, 0.6) is 5.75 Å². The maximum Gasteiger partial charge on any atom is 0.257 e. The summed E-state index contributed by atoms with van der Waals surface area (Å²) in [5, 5.41) is 15.1. The largest absolute Gasteiger partial charge is 0.496 e. The second-order valence-electron chi connectivity index (χ2n) is 7.19. The van der Waals surface area contributed by atoms with Crippen molar-refractivity contribution < 1.29 is 19.1 Å². The van der Waals surface area contributed by atoms with Gasteiger partial charge in [0, 0.05) is 17.3 Å². The number of nitrogens with one attached hydrogen (secondary N) is 2. The third kappa shape index (κ3) is 5.28. The normalized spacial score (nSPS) is 10.5. The number of methoxy groups -OCH3 is 1. The molecule has 0 unspecified atom stereocenters. The lowest BCUT2D eigenvalue weighted by Gasteiger charge is -2.13. The van der Waals surface area contributed by atoms with E-state index >= 15 is 0 Å². The number of ether oxygens (including phenoxy) is 1. The lowest BCUT2D eigenvalue weighted by atomic mass is 10.0. The van der Waals surface area contributed by atoms with Gasteiger partial charge in [0.05, 0.1) is 12.7 Å². The zero-order valence-corrected chi connectivity index (χ0v) is 18.7. The smallest absolute Gasteiger partial charge is 0.257 e. The van der Waals surface area contributed by atoms with Crippen molar-refractivity contribution in [2.75, 3.05) is 12.4 Å². The van der Waals surface area contributed by atoms with Crippen molar-refractivity contribution in [1.82, 2.24) is 5.32 Å². The van der Waals surface area contributed by atoms with Crippen LogP contribution in [-0.2, 0) is 6.61 Å². The van der Waals surface area contributed by atoms with Crippen LogP contribution in [0.2, 0.25) is 0 Å². The van der Waals surface area contributed by atoms with E-state index in [0.29, 0.717) is 28.5 Å². The molecular weight excluding hydrogens is 436 g/mol. The minimum Gasteiger partial charge on any atom is -0.496 e. The number of benzene rings is 3. The van der Waals surface area contributed by atoms with Crippen molar-refractivity contribution in [2.24, 2.45) is 0 Å². The van der Waals surface area contributed by atoms with Crippen LogP contribution < -0.4 is 15.4 Å². The Labute approximate surface area is 196 Å². The third-order valence-corrected chi connectivity index (χ3v) is 5.23. The number of rotatable bonds is 6. The Kier molecular flexibility index (Phi) is 6.83. The monoisotopic (exact) mass is 458 g/mol. The van der Waals surface area contributed by atoms with Crippen molar-refractivity contribution in [1.29, 1.82) is 0 Å². The van der Waals surface area contributed by atoms with Crippen molar-refractivity contribution in [2.45, 2.75) is 6.61 Å². The van der Waals surface area contributed by atoms with Crippen LogP contribution in [0.25, 0.3) is 22.5 Å². The number of amides is 1. The molecule has 0 aliphatic rings. The van der Waals surface area contributed by atoms with E-state index in [1.165, 1.54) is 0 Å². The maximum atomic E-state index is 12.6. The minimum atomic E-state index is -0.303. The molecule has 3 N–H and O–H groups in total. The van der Waals surface area contributed by atoms with Gasteiger partial charge in [0.2, 0.25) is 0 Å². The number of carbonyl (C=O) groups excluding carboxylic acids is 1. The number of aliphatic hydroxyl groups excluding tert-OH is 1. The standard InChI is InChI=1S/C26H22N2O4S/c1-31-24-15-20(11-13-22(24)23-14-12-21(16-29)32-23)27-26(33)28-25(30)19-9-7-18(8-10-19)17-5-3-2-4-6-17/h2-15,29H,16H2,1H3,(H2,27,28,30,33). The van der Waals surface area contributed by atoms with Crippen LogP contribution in [0.3, 0.4) is 0 Å². The fraction of sp³-hybridized carbons (Fsp3) is 0.0769. The van der Waals surface area contributed by atoms with Gasteiger partial charge < -0.3 is 19.6 Å². The summed E-state index contributed by atoms with van der Waals surface area (Å²) < 4.78 is 11.1. The minimum absolute atomic E-state index is 0.169. The van der Waals surface area contributed by atoms with E-state index in [0.717, 1.165) is 16.7 Å². The highest BCUT2D eigenvalue weighted by Crippen LogP contribution is 2.33. The average Bonchev–Trinajstić information content (AvgIpc) is 3.33. The molecule has 0 atom stereocenters. The van der Waals surface area contributed by atoms with Crippen LogP contribution in [0.1, 0.15) is 16.1 Å². The summed E-state index contributed by atoms with van der Waals surface area (Å²) in [4.78, 5) is 12.6. The van der Waals surface area contributed by atoms with Crippen molar-refractivity contribution >= 4 is 28.9 Å². The molecule has 4 aromatic rings. The maximum absolute atomic E-state index is 12.6. The van der Waals surface area contributed by atoms with E-state index in [1.54, 1.807) is 43.5 Å². The van der Waals surface area contributed by atoms with Gasteiger partial charge in [-0.25, -0.2) is 0 Å². The summed E-state index contributed by atoms with van der Waals surface area (Å²) in [6.07, 6.45) is 0. The van der Waals surface area contributed by atoms with Gasteiger partial charge >= 0.3 is 0 Å². The Balaban J connectivity index is 1.41. The zero-order chi connectivity index (χ0) is 23.2. The molecule has 0 bridgehead atoms. The number of aliphatic hydroxyl groups is 1. The second-order valence-corrected chi connectivity index (χ2v) is 7.60. The summed E-state index contributed by atoms with van der Waals surface area (Å²) in [5.74, 6) is 1.31. The lowest BCUT2D eigenvalue weighted by Crippen LogP contribution is -2.34. The molecule has 0 radical (unpaired) electrons. The van der Waals surface area contributed by atoms with E-state index in [1.807, 2.05) is 48.5 Å². The van der Waals surface area contributed by atoms with Crippen LogP contribution >= 0.6 is 12.2 Å². The molecule has 0 aliphatic heterocycles. The molecular formula is C26H22N2O4S. The van der Waals surface area contributed by atoms with Crippen molar-refractivity contribution in [3.63, 3.8) is 0 Å². The van der Waals surface area contributed by atoms with Crippen LogP contribution in [-0.4, -0.2) is 23.2 Å². The SMILES string of the molecule is COc1cc(NC(=S)NC(=O)c2ccc(-c3ccccc3)cc2)ccc1-c1ccc(CO)o1. The van der Waals surface area contributed by atoms with Gasteiger partial charge in [-0.1, -0.05) is 42.5 Å². The Bertz CT molecular complexity index is 1270. The summed E-state index contributed by atoms with van der Waals surface area (Å²) in [7, 11) is 1.55. The van der Waals surface area contributed by atoms with Gasteiger partial charge in [-0.3, -0.25) is 10.1 Å². The number of anilines is 1. The topological polar surface area (TPSA) is 83.7 Å². The lowest BCUT2D eigenvalue weighted by molar-refractivity contribution is 0.0977. The number of furan rings is 1. The molecule has 166 valence electrons.